The standard InChI is InChI=1S/C25H27F2NO3/c1-17-4-2-3-5-21(17)25(10-14-31-15-11-25)24(30)28-12-8-18(9-13-28)23(29)20-16-19(26)6-7-22(20)27/h2-7,16,18H,8-15H2,1H3. The zero-order chi connectivity index (χ0) is 22.0. The lowest BCUT2D eigenvalue weighted by Crippen LogP contribution is -2.52. The van der Waals surface area contributed by atoms with Gasteiger partial charge >= 0.3 is 0 Å². The average Bonchev–Trinajstić information content (AvgIpc) is 2.80. The van der Waals surface area contributed by atoms with E-state index in [2.05, 4.69) is 0 Å². The summed E-state index contributed by atoms with van der Waals surface area (Å²) in [7, 11) is 0. The molecule has 4 nitrogen and oxygen atoms in total. The topological polar surface area (TPSA) is 46.6 Å². The summed E-state index contributed by atoms with van der Waals surface area (Å²) >= 11 is 0. The maximum atomic E-state index is 14.0. The summed E-state index contributed by atoms with van der Waals surface area (Å²) in [6, 6.07) is 10.9. The van der Waals surface area contributed by atoms with E-state index in [1.807, 2.05) is 36.1 Å². The van der Waals surface area contributed by atoms with Crippen LogP contribution in [0.25, 0.3) is 0 Å². The van der Waals surface area contributed by atoms with Gasteiger partial charge in [0.25, 0.3) is 0 Å². The SMILES string of the molecule is Cc1ccccc1C1(C(=O)N2CCC(C(=O)c3cc(F)ccc3F)CC2)CCOCC1. The van der Waals surface area contributed by atoms with Gasteiger partial charge in [0.2, 0.25) is 5.91 Å². The molecule has 164 valence electrons. The molecule has 2 aromatic carbocycles. The van der Waals surface area contributed by atoms with E-state index in [4.69, 9.17) is 4.74 Å². The monoisotopic (exact) mass is 427 g/mol. The van der Waals surface area contributed by atoms with Gasteiger partial charge in [0.05, 0.1) is 11.0 Å². The van der Waals surface area contributed by atoms with Crippen molar-refractivity contribution in [3.8, 4) is 0 Å². The Morgan fingerprint density at radius 3 is 2.39 bits per heavy atom. The molecule has 0 N–H and O–H groups in total. The fraction of sp³-hybridized carbons (Fsp3) is 0.440. The van der Waals surface area contributed by atoms with Crippen molar-refractivity contribution in [1.82, 2.24) is 4.90 Å². The van der Waals surface area contributed by atoms with E-state index in [0.717, 1.165) is 29.3 Å². The highest BCUT2D eigenvalue weighted by molar-refractivity contribution is 5.98. The van der Waals surface area contributed by atoms with Crippen molar-refractivity contribution in [3.63, 3.8) is 0 Å². The molecule has 0 aromatic heterocycles. The Bertz CT molecular complexity index is 976. The summed E-state index contributed by atoms with van der Waals surface area (Å²) < 4.78 is 33.1. The molecular weight excluding hydrogens is 400 g/mol. The second-order valence-electron chi connectivity index (χ2n) is 8.56. The number of ketones is 1. The molecule has 0 radical (unpaired) electrons. The summed E-state index contributed by atoms with van der Waals surface area (Å²) in [6.07, 6.45) is 2.15. The van der Waals surface area contributed by atoms with E-state index >= 15 is 0 Å². The number of nitrogens with zero attached hydrogens (tertiary/aromatic N) is 1. The molecule has 2 saturated heterocycles. The molecule has 0 spiro atoms. The zero-order valence-corrected chi connectivity index (χ0v) is 17.7. The van der Waals surface area contributed by atoms with Crippen molar-refractivity contribution in [1.29, 1.82) is 0 Å². The van der Waals surface area contributed by atoms with Crippen LogP contribution in [0.5, 0.6) is 0 Å². The van der Waals surface area contributed by atoms with Crippen LogP contribution in [0.3, 0.4) is 0 Å². The first kappa shape index (κ1) is 21.6. The Labute approximate surface area is 181 Å². The molecule has 6 heteroatoms. The van der Waals surface area contributed by atoms with E-state index in [9.17, 15) is 18.4 Å². The summed E-state index contributed by atoms with van der Waals surface area (Å²) in [6.45, 7) is 3.96. The second kappa shape index (κ2) is 8.87. The van der Waals surface area contributed by atoms with Gasteiger partial charge in [-0.05, 0) is 61.9 Å². The van der Waals surface area contributed by atoms with Gasteiger partial charge in [0.15, 0.2) is 5.78 Å². The van der Waals surface area contributed by atoms with Crippen LogP contribution < -0.4 is 0 Å². The third kappa shape index (κ3) is 4.13. The molecule has 4 rings (SSSR count). The minimum Gasteiger partial charge on any atom is -0.381 e. The van der Waals surface area contributed by atoms with E-state index < -0.39 is 23.0 Å². The highest BCUT2D eigenvalue weighted by atomic mass is 19.1. The quantitative estimate of drug-likeness (QED) is 0.678. The summed E-state index contributed by atoms with van der Waals surface area (Å²) in [4.78, 5) is 28.3. The molecular formula is C25H27F2NO3. The smallest absolute Gasteiger partial charge is 0.233 e. The number of ether oxygens (including phenoxy) is 1. The Balaban J connectivity index is 1.51. The van der Waals surface area contributed by atoms with E-state index in [1.165, 1.54) is 0 Å². The van der Waals surface area contributed by atoms with Crippen LogP contribution >= 0.6 is 0 Å². The number of likely N-dealkylation sites (tertiary alicyclic amines) is 1. The molecule has 2 aliphatic heterocycles. The number of carbonyl (C=O) groups excluding carboxylic acids is 2. The van der Waals surface area contributed by atoms with Crippen LogP contribution in [0.1, 0.15) is 47.2 Å². The predicted molar refractivity (Wildman–Crippen MR) is 113 cm³/mol. The molecule has 2 aromatic rings. The van der Waals surface area contributed by atoms with Gasteiger partial charge < -0.3 is 9.64 Å². The van der Waals surface area contributed by atoms with Crippen LogP contribution in [0.2, 0.25) is 0 Å². The third-order valence-corrected chi connectivity index (χ3v) is 6.76. The number of benzene rings is 2. The molecule has 31 heavy (non-hydrogen) atoms. The molecule has 2 heterocycles. The first-order chi connectivity index (χ1) is 14.9. The molecule has 0 bridgehead atoms. The summed E-state index contributed by atoms with van der Waals surface area (Å²) in [5.74, 6) is -2.05. The van der Waals surface area contributed by atoms with Gasteiger partial charge in [-0.15, -0.1) is 0 Å². The van der Waals surface area contributed by atoms with Crippen LogP contribution in [0.15, 0.2) is 42.5 Å². The van der Waals surface area contributed by atoms with E-state index in [0.29, 0.717) is 52.0 Å². The van der Waals surface area contributed by atoms with Crippen molar-refractivity contribution < 1.29 is 23.1 Å². The number of hydrogen-bond donors (Lipinski definition) is 0. The van der Waals surface area contributed by atoms with Crippen molar-refractivity contribution >= 4 is 11.7 Å². The number of carbonyl (C=O) groups is 2. The number of piperidine rings is 1. The predicted octanol–water partition coefficient (Wildman–Crippen LogP) is 4.44. The minimum absolute atomic E-state index is 0.0768. The molecule has 0 saturated carbocycles. The Morgan fingerprint density at radius 1 is 1.03 bits per heavy atom. The van der Waals surface area contributed by atoms with Gasteiger partial charge in [-0.25, -0.2) is 8.78 Å². The van der Waals surface area contributed by atoms with E-state index in [-0.39, 0.29) is 17.3 Å². The van der Waals surface area contributed by atoms with Gasteiger partial charge in [-0.3, -0.25) is 9.59 Å². The van der Waals surface area contributed by atoms with E-state index in [1.54, 1.807) is 0 Å². The summed E-state index contributed by atoms with van der Waals surface area (Å²) in [5.41, 5.74) is 1.31. The Hall–Kier alpha value is -2.60. The van der Waals surface area contributed by atoms with Gasteiger partial charge in [0.1, 0.15) is 11.6 Å². The zero-order valence-electron chi connectivity index (χ0n) is 17.7. The van der Waals surface area contributed by atoms with Gasteiger partial charge in [-0.1, -0.05) is 24.3 Å². The lowest BCUT2D eigenvalue weighted by molar-refractivity contribution is -0.142. The highest BCUT2D eigenvalue weighted by Gasteiger charge is 2.45. The van der Waals surface area contributed by atoms with Crippen LogP contribution in [-0.2, 0) is 14.9 Å². The van der Waals surface area contributed by atoms with Crippen molar-refractivity contribution in [2.45, 2.75) is 38.0 Å². The number of aryl methyl sites for hydroxylation is 1. The maximum Gasteiger partial charge on any atom is 0.233 e. The van der Waals surface area contributed by atoms with Crippen LogP contribution in [0, 0.1) is 24.5 Å². The van der Waals surface area contributed by atoms with Crippen LogP contribution in [-0.4, -0.2) is 42.9 Å². The minimum atomic E-state index is -0.703. The fourth-order valence-corrected chi connectivity index (χ4v) is 4.98. The number of hydrogen-bond acceptors (Lipinski definition) is 3. The number of rotatable bonds is 4. The lowest BCUT2D eigenvalue weighted by Gasteiger charge is -2.42. The second-order valence-corrected chi connectivity index (χ2v) is 8.56. The molecule has 0 atom stereocenters. The number of amides is 1. The number of halogens is 2. The van der Waals surface area contributed by atoms with Gasteiger partial charge in [0, 0.05) is 32.2 Å². The first-order valence-corrected chi connectivity index (χ1v) is 10.8. The molecule has 0 unspecified atom stereocenters. The maximum absolute atomic E-state index is 14.0. The summed E-state index contributed by atoms with van der Waals surface area (Å²) in [5, 5.41) is 0. The van der Waals surface area contributed by atoms with Crippen molar-refractivity contribution in [2.24, 2.45) is 5.92 Å². The van der Waals surface area contributed by atoms with Crippen molar-refractivity contribution in [3.05, 3.63) is 70.8 Å². The fourth-order valence-electron chi connectivity index (χ4n) is 4.98. The molecule has 1 amide bonds. The normalized spacial score (nSPS) is 19.3. The third-order valence-electron chi connectivity index (χ3n) is 6.76. The first-order valence-electron chi connectivity index (χ1n) is 10.8. The molecule has 2 aliphatic rings. The number of Topliss-reactive ketones (excluding diaryl/α,β-unsaturated/α-hetero) is 1. The Kier molecular flexibility index (Phi) is 6.19. The van der Waals surface area contributed by atoms with Gasteiger partial charge in [-0.2, -0.15) is 0 Å². The Morgan fingerprint density at radius 2 is 1.71 bits per heavy atom. The van der Waals surface area contributed by atoms with Crippen LogP contribution in [0.4, 0.5) is 8.78 Å². The highest BCUT2D eigenvalue weighted by Crippen LogP contribution is 2.39. The average molecular weight is 427 g/mol. The largest absolute Gasteiger partial charge is 0.381 e. The lowest BCUT2D eigenvalue weighted by atomic mass is 9.71. The molecule has 2 fully saturated rings. The van der Waals surface area contributed by atoms with Crippen molar-refractivity contribution in [2.75, 3.05) is 26.3 Å². The molecule has 0 aliphatic carbocycles.